The molecule has 0 aromatic rings. The van der Waals surface area contributed by atoms with Crippen LogP contribution in [0.1, 0.15) is 26.2 Å². The van der Waals surface area contributed by atoms with Crippen LogP contribution in [0.5, 0.6) is 0 Å². The number of aliphatic hydroxyl groups is 1. The van der Waals surface area contributed by atoms with Gasteiger partial charge in [-0.15, -0.1) is 6.42 Å². The topological polar surface area (TPSA) is 32.3 Å². The fourth-order valence-corrected chi connectivity index (χ4v) is 1.36. The van der Waals surface area contributed by atoms with E-state index in [0.717, 1.165) is 13.0 Å². The van der Waals surface area contributed by atoms with Crippen molar-refractivity contribution in [1.29, 1.82) is 0 Å². The van der Waals surface area contributed by atoms with E-state index in [0.29, 0.717) is 12.0 Å². The lowest BCUT2D eigenvalue weighted by Gasteiger charge is -2.15. The van der Waals surface area contributed by atoms with Crippen LogP contribution in [0.2, 0.25) is 0 Å². The second-order valence-corrected chi connectivity index (χ2v) is 3.74. The van der Waals surface area contributed by atoms with E-state index in [2.05, 4.69) is 11.2 Å². The third kappa shape index (κ3) is 2.51. The van der Waals surface area contributed by atoms with Crippen LogP contribution < -0.4 is 5.32 Å². The number of aliphatic hydroxyl groups excluding tert-OH is 1. The predicted molar refractivity (Wildman–Crippen MR) is 49.7 cm³/mol. The van der Waals surface area contributed by atoms with Gasteiger partial charge in [0, 0.05) is 13.2 Å². The van der Waals surface area contributed by atoms with E-state index < -0.39 is 0 Å². The molecule has 1 aliphatic rings. The molecule has 0 aromatic heterocycles. The number of nitrogens with one attached hydrogen (secondary N) is 1. The average molecular weight is 167 g/mol. The Bertz CT molecular complexity index is 179. The molecule has 1 atom stereocenters. The Morgan fingerprint density at radius 2 is 2.33 bits per heavy atom. The summed E-state index contributed by atoms with van der Waals surface area (Å²) in [6, 6.07) is 0.154. The van der Waals surface area contributed by atoms with Crippen LogP contribution in [0.25, 0.3) is 0 Å². The van der Waals surface area contributed by atoms with Gasteiger partial charge in [-0.2, -0.15) is 0 Å². The number of hydrogen-bond acceptors (Lipinski definition) is 2. The second-order valence-electron chi connectivity index (χ2n) is 3.74. The SMILES string of the molecule is C#CC(C)NCC1(CCO)CC1. The van der Waals surface area contributed by atoms with Crippen molar-refractivity contribution in [1.82, 2.24) is 5.32 Å². The van der Waals surface area contributed by atoms with Crippen LogP contribution in [-0.2, 0) is 0 Å². The molecule has 1 fully saturated rings. The van der Waals surface area contributed by atoms with Gasteiger partial charge in [-0.1, -0.05) is 5.92 Å². The maximum atomic E-state index is 8.80. The van der Waals surface area contributed by atoms with Gasteiger partial charge in [0.15, 0.2) is 0 Å². The summed E-state index contributed by atoms with van der Waals surface area (Å²) in [7, 11) is 0. The van der Waals surface area contributed by atoms with E-state index in [9.17, 15) is 0 Å². The summed E-state index contributed by atoms with van der Waals surface area (Å²) < 4.78 is 0. The zero-order valence-corrected chi connectivity index (χ0v) is 7.64. The molecule has 0 amide bonds. The lowest BCUT2D eigenvalue weighted by Crippen LogP contribution is -2.31. The largest absolute Gasteiger partial charge is 0.396 e. The van der Waals surface area contributed by atoms with Gasteiger partial charge in [0.1, 0.15) is 0 Å². The minimum atomic E-state index is 0.154. The van der Waals surface area contributed by atoms with Gasteiger partial charge in [-0.25, -0.2) is 0 Å². The summed E-state index contributed by atoms with van der Waals surface area (Å²) in [6.07, 6.45) is 8.62. The highest BCUT2D eigenvalue weighted by atomic mass is 16.3. The van der Waals surface area contributed by atoms with Crippen LogP contribution in [0.15, 0.2) is 0 Å². The molecule has 1 rings (SSSR count). The minimum Gasteiger partial charge on any atom is -0.396 e. The normalized spacial score (nSPS) is 21.4. The zero-order valence-electron chi connectivity index (χ0n) is 7.64. The molecule has 12 heavy (non-hydrogen) atoms. The zero-order chi connectivity index (χ0) is 9.03. The Balaban J connectivity index is 2.19. The smallest absolute Gasteiger partial charge is 0.0658 e. The fourth-order valence-electron chi connectivity index (χ4n) is 1.36. The summed E-state index contributed by atoms with van der Waals surface area (Å²) in [4.78, 5) is 0. The van der Waals surface area contributed by atoms with Crippen molar-refractivity contribution >= 4 is 0 Å². The first-order valence-corrected chi connectivity index (χ1v) is 4.53. The van der Waals surface area contributed by atoms with Crippen LogP contribution in [-0.4, -0.2) is 24.3 Å². The Labute approximate surface area is 74.4 Å². The number of hydrogen-bond donors (Lipinski definition) is 2. The molecule has 2 heteroatoms. The van der Waals surface area contributed by atoms with Crippen molar-refractivity contribution < 1.29 is 5.11 Å². The van der Waals surface area contributed by atoms with Crippen molar-refractivity contribution in [3.8, 4) is 12.3 Å². The van der Waals surface area contributed by atoms with Crippen LogP contribution in [0, 0.1) is 17.8 Å². The molecule has 1 unspecified atom stereocenters. The highest BCUT2D eigenvalue weighted by Gasteiger charge is 2.41. The minimum absolute atomic E-state index is 0.154. The molecular weight excluding hydrogens is 150 g/mol. The molecule has 0 radical (unpaired) electrons. The van der Waals surface area contributed by atoms with Crippen molar-refractivity contribution in [3.05, 3.63) is 0 Å². The lowest BCUT2D eigenvalue weighted by molar-refractivity contribution is 0.244. The molecule has 68 valence electrons. The van der Waals surface area contributed by atoms with Gasteiger partial charge >= 0.3 is 0 Å². The monoisotopic (exact) mass is 167 g/mol. The summed E-state index contributed by atoms with van der Waals surface area (Å²) in [5, 5.41) is 12.1. The van der Waals surface area contributed by atoms with E-state index in [1.165, 1.54) is 12.8 Å². The second kappa shape index (κ2) is 3.93. The van der Waals surface area contributed by atoms with E-state index in [4.69, 9.17) is 11.5 Å². The Kier molecular flexibility index (Phi) is 3.13. The molecule has 1 aliphatic carbocycles. The third-order valence-electron chi connectivity index (χ3n) is 2.63. The maximum absolute atomic E-state index is 8.80. The molecule has 1 saturated carbocycles. The fraction of sp³-hybridized carbons (Fsp3) is 0.800. The van der Waals surface area contributed by atoms with E-state index in [1.54, 1.807) is 0 Å². The first-order chi connectivity index (χ1) is 5.72. The van der Waals surface area contributed by atoms with Gasteiger partial charge in [0.05, 0.1) is 6.04 Å². The van der Waals surface area contributed by atoms with Gasteiger partial charge in [-0.05, 0) is 31.6 Å². The van der Waals surface area contributed by atoms with E-state index >= 15 is 0 Å². The molecule has 0 saturated heterocycles. The van der Waals surface area contributed by atoms with Crippen LogP contribution in [0.3, 0.4) is 0 Å². The molecule has 0 spiro atoms. The number of rotatable bonds is 5. The Morgan fingerprint density at radius 3 is 2.75 bits per heavy atom. The molecule has 0 aliphatic heterocycles. The molecule has 0 heterocycles. The molecule has 0 aromatic carbocycles. The summed E-state index contributed by atoms with van der Waals surface area (Å²) in [5.74, 6) is 2.63. The quantitative estimate of drug-likeness (QED) is 0.592. The van der Waals surface area contributed by atoms with Crippen molar-refractivity contribution in [3.63, 3.8) is 0 Å². The molecular formula is C10H17NO. The van der Waals surface area contributed by atoms with Gasteiger partial charge < -0.3 is 10.4 Å². The van der Waals surface area contributed by atoms with Crippen LogP contribution in [0.4, 0.5) is 0 Å². The standard InChI is InChI=1S/C10H17NO/c1-3-9(2)11-8-10(4-5-10)6-7-12/h1,9,11-12H,4-8H2,2H3. The molecule has 0 bridgehead atoms. The van der Waals surface area contributed by atoms with Gasteiger partial charge in [0.25, 0.3) is 0 Å². The van der Waals surface area contributed by atoms with E-state index in [-0.39, 0.29) is 6.04 Å². The first kappa shape index (κ1) is 9.57. The summed E-state index contributed by atoms with van der Waals surface area (Å²) >= 11 is 0. The van der Waals surface area contributed by atoms with E-state index in [1.807, 2.05) is 6.92 Å². The highest BCUT2D eigenvalue weighted by molar-refractivity contribution is 5.00. The van der Waals surface area contributed by atoms with Crippen LogP contribution >= 0.6 is 0 Å². The highest BCUT2D eigenvalue weighted by Crippen LogP contribution is 2.47. The summed E-state index contributed by atoms with van der Waals surface area (Å²) in [5.41, 5.74) is 0.375. The summed E-state index contributed by atoms with van der Waals surface area (Å²) in [6.45, 7) is 3.24. The first-order valence-electron chi connectivity index (χ1n) is 4.53. The Morgan fingerprint density at radius 1 is 1.67 bits per heavy atom. The van der Waals surface area contributed by atoms with Gasteiger partial charge in [-0.3, -0.25) is 0 Å². The van der Waals surface area contributed by atoms with Crippen molar-refractivity contribution in [2.45, 2.75) is 32.2 Å². The molecule has 2 nitrogen and oxygen atoms in total. The maximum Gasteiger partial charge on any atom is 0.0658 e. The number of terminal acetylenes is 1. The molecule has 2 N–H and O–H groups in total. The predicted octanol–water partition coefficient (Wildman–Crippen LogP) is 0.760. The third-order valence-corrected chi connectivity index (χ3v) is 2.63. The van der Waals surface area contributed by atoms with Crippen molar-refractivity contribution in [2.75, 3.05) is 13.2 Å². The van der Waals surface area contributed by atoms with Crippen molar-refractivity contribution in [2.24, 2.45) is 5.41 Å². The van der Waals surface area contributed by atoms with Gasteiger partial charge in [0.2, 0.25) is 0 Å². The lowest BCUT2D eigenvalue weighted by atomic mass is 10.0. The Hall–Kier alpha value is -0.520. The average Bonchev–Trinajstić information content (AvgIpc) is 2.82.